The summed E-state index contributed by atoms with van der Waals surface area (Å²) in [4.78, 5) is 1.67. The Balaban J connectivity index is 1.28. The molecule has 0 amide bonds. The zero-order chi connectivity index (χ0) is 44.5. The van der Waals surface area contributed by atoms with E-state index in [0.717, 1.165) is 46.4 Å². The van der Waals surface area contributed by atoms with Crippen LogP contribution in [0.15, 0.2) is 176 Å². The van der Waals surface area contributed by atoms with Gasteiger partial charge in [-0.1, -0.05) is 115 Å². The van der Waals surface area contributed by atoms with Crippen molar-refractivity contribution in [1.82, 2.24) is 0 Å². The van der Waals surface area contributed by atoms with E-state index in [4.69, 9.17) is 11.0 Å². The van der Waals surface area contributed by atoms with Crippen LogP contribution in [-0.2, 0) is 0 Å². The van der Waals surface area contributed by atoms with E-state index < -0.39 is 101 Å². The Labute approximate surface area is 312 Å². The van der Waals surface area contributed by atoms with Gasteiger partial charge in [0, 0.05) is 57.4 Å². The molecule has 0 saturated heterocycles. The fraction of sp³-hybridized carbons (Fsp3) is 0. The third-order valence-electron chi connectivity index (χ3n) is 8.59. The smallest absolute Gasteiger partial charge is 0.0645 e. The molecule has 0 bridgehead atoms. The molecule has 0 saturated carbocycles. The van der Waals surface area contributed by atoms with Gasteiger partial charge in [0.1, 0.15) is 0 Å². The quantitative estimate of drug-likeness (QED) is 0.176. The van der Waals surface area contributed by atoms with Gasteiger partial charge in [0.05, 0.1) is 19.2 Å². The average molecular weight is 674 g/mol. The van der Waals surface area contributed by atoms with E-state index in [1.807, 2.05) is 84.9 Å². The standard InChI is InChI=1S/C46H29NS2/c1-2-10-31(11-3-1)42-27-33(26-32-12-4-5-13-37(32)42)30-18-20-34(21-19-30)47(35-22-24-40-38-14-6-8-16-43(38)48-45(40)28-35)36-23-25-41-39-15-7-9-17-44(39)49-46(41)29-36/h1-29H/i1D,2D,3D,4D,5D,10D,11D,12D,18D,19D,20D,21D,26D,27D. The highest BCUT2D eigenvalue weighted by atomic mass is 32.1. The fourth-order valence-corrected chi connectivity index (χ4v) is 8.62. The summed E-state index contributed by atoms with van der Waals surface area (Å²) in [5.74, 6) is 0. The molecule has 230 valence electrons. The van der Waals surface area contributed by atoms with E-state index in [-0.39, 0.29) is 22.0 Å². The number of benzene rings is 8. The molecule has 8 aromatic carbocycles. The molecule has 10 rings (SSSR count). The highest BCUT2D eigenvalue weighted by Crippen LogP contribution is 2.44. The normalized spacial score (nSPS) is 15.7. The summed E-state index contributed by atoms with van der Waals surface area (Å²) in [6.07, 6.45) is 0. The molecule has 0 aliphatic carbocycles. The van der Waals surface area contributed by atoms with Crippen LogP contribution in [0.4, 0.5) is 17.1 Å². The van der Waals surface area contributed by atoms with Gasteiger partial charge in [0.2, 0.25) is 0 Å². The van der Waals surface area contributed by atoms with Gasteiger partial charge >= 0.3 is 0 Å². The summed E-state index contributed by atoms with van der Waals surface area (Å²) in [6, 6.07) is 19.9. The Hall–Kier alpha value is -5.74. The molecule has 0 spiro atoms. The van der Waals surface area contributed by atoms with Crippen molar-refractivity contribution < 1.29 is 19.2 Å². The maximum atomic E-state index is 9.66. The Morgan fingerprint density at radius 1 is 0.408 bits per heavy atom. The molecule has 3 heteroatoms. The lowest BCUT2D eigenvalue weighted by Gasteiger charge is -2.26. The molecular formula is C46H29NS2. The summed E-state index contributed by atoms with van der Waals surface area (Å²) < 4.78 is 130. The molecular weight excluding hydrogens is 631 g/mol. The molecule has 2 aromatic heterocycles. The summed E-state index contributed by atoms with van der Waals surface area (Å²) >= 11 is 3.16. The van der Waals surface area contributed by atoms with Crippen LogP contribution in [0.3, 0.4) is 0 Å². The molecule has 0 unspecified atom stereocenters. The third-order valence-corrected chi connectivity index (χ3v) is 10.9. The van der Waals surface area contributed by atoms with Crippen molar-refractivity contribution in [2.24, 2.45) is 0 Å². The van der Waals surface area contributed by atoms with Gasteiger partial charge in [-0.05, 0) is 93.6 Å². The molecule has 0 aliphatic rings. The van der Waals surface area contributed by atoms with E-state index in [1.165, 1.54) is 0 Å². The number of rotatable bonds is 5. The lowest BCUT2D eigenvalue weighted by Crippen LogP contribution is -2.09. The second kappa shape index (κ2) is 11.5. The second-order valence-electron chi connectivity index (χ2n) is 11.4. The SMILES string of the molecule is [2H]c1cc2c(-c3c([2H])c([2H])c([2H])c([2H])c3[2H])c([2H])c(-c3c([2H])c([2H])c(N(c4ccc5c(c4)sc4ccccc45)c4ccc5c(c4)sc4ccccc45)c([2H])c3[2H])c([2H])c2c([2H])c1[2H]. The molecule has 0 aliphatic heterocycles. The highest BCUT2D eigenvalue weighted by Gasteiger charge is 2.17. The minimum Gasteiger partial charge on any atom is -0.310 e. The third kappa shape index (κ3) is 4.82. The van der Waals surface area contributed by atoms with Crippen molar-refractivity contribution in [3.63, 3.8) is 0 Å². The van der Waals surface area contributed by atoms with Gasteiger partial charge < -0.3 is 4.90 Å². The van der Waals surface area contributed by atoms with Crippen molar-refractivity contribution in [2.75, 3.05) is 4.90 Å². The molecule has 0 N–H and O–H groups in total. The van der Waals surface area contributed by atoms with Crippen LogP contribution >= 0.6 is 22.7 Å². The summed E-state index contributed by atoms with van der Waals surface area (Å²) in [7, 11) is 0. The Kier molecular flexibility index (Phi) is 4.11. The summed E-state index contributed by atoms with van der Waals surface area (Å²) in [5, 5.41) is 3.66. The average Bonchev–Trinajstić information content (AvgIpc) is 3.84. The highest BCUT2D eigenvalue weighted by molar-refractivity contribution is 7.26. The van der Waals surface area contributed by atoms with Gasteiger partial charge in [-0.25, -0.2) is 0 Å². The fourth-order valence-electron chi connectivity index (χ4n) is 6.35. The number of thiophene rings is 2. The Morgan fingerprint density at radius 2 is 1.00 bits per heavy atom. The van der Waals surface area contributed by atoms with E-state index in [2.05, 4.69) is 0 Å². The molecule has 0 fully saturated rings. The summed E-state index contributed by atoms with van der Waals surface area (Å²) in [6.45, 7) is 0. The van der Waals surface area contributed by atoms with Gasteiger partial charge in [-0.3, -0.25) is 0 Å². The molecule has 49 heavy (non-hydrogen) atoms. The minimum atomic E-state index is -0.722. The number of hydrogen-bond donors (Lipinski definition) is 0. The van der Waals surface area contributed by atoms with Crippen LogP contribution in [0.5, 0.6) is 0 Å². The maximum absolute atomic E-state index is 9.66. The molecule has 2 heterocycles. The van der Waals surface area contributed by atoms with Gasteiger partial charge in [0.25, 0.3) is 0 Å². The van der Waals surface area contributed by atoms with Crippen LogP contribution in [0.2, 0.25) is 0 Å². The Morgan fingerprint density at radius 3 is 1.65 bits per heavy atom. The number of nitrogens with zero attached hydrogens (tertiary/aromatic N) is 1. The van der Waals surface area contributed by atoms with E-state index >= 15 is 0 Å². The van der Waals surface area contributed by atoms with Crippen molar-refractivity contribution in [1.29, 1.82) is 0 Å². The first-order valence-electron chi connectivity index (χ1n) is 22.4. The first-order valence-corrected chi connectivity index (χ1v) is 17.1. The Bertz CT molecular complexity index is 3480. The van der Waals surface area contributed by atoms with Crippen LogP contribution in [0, 0.1) is 0 Å². The topological polar surface area (TPSA) is 3.24 Å². The van der Waals surface area contributed by atoms with Crippen LogP contribution in [-0.4, -0.2) is 0 Å². The van der Waals surface area contributed by atoms with Crippen LogP contribution < -0.4 is 4.90 Å². The van der Waals surface area contributed by atoms with Crippen LogP contribution in [0.25, 0.3) is 73.4 Å². The maximum Gasteiger partial charge on any atom is 0.0645 e. The van der Waals surface area contributed by atoms with E-state index in [1.54, 1.807) is 27.6 Å². The number of fused-ring (bicyclic) bond motifs is 7. The van der Waals surface area contributed by atoms with Gasteiger partial charge in [0.15, 0.2) is 0 Å². The molecule has 0 radical (unpaired) electrons. The van der Waals surface area contributed by atoms with Gasteiger partial charge in [-0.15, -0.1) is 22.7 Å². The number of hydrogen-bond acceptors (Lipinski definition) is 3. The van der Waals surface area contributed by atoms with Crippen LogP contribution in [0.1, 0.15) is 19.2 Å². The first-order chi connectivity index (χ1) is 30.1. The van der Waals surface area contributed by atoms with Crippen molar-refractivity contribution >= 4 is 90.9 Å². The van der Waals surface area contributed by atoms with E-state index in [9.17, 15) is 8.22 Å². The predicted octanol–water partition coefficient (Wildman–Crippen LogP) is 14.4. The lowest BCUT2D eigenvalue weighted by atomic mass is 9.93. The number of anilines is 3. The predicted molar refractivity (Wildman–Crippen MR) is 215 cm³/mol. The monoisotopic (exact) mass is 673 g/mol. The second-order valence-corrected chi connectivity index (χ2v) is 13.6. The molecule has 0 atom stereocenters. The van der Waals surface area contributed by atoms with Crippen molar-refractivity contribution in [3.05, 3.63) is 176 Å². The van der Waals surface area contributed by atoms with Gasteiger partial charge in [-0.2, -0.15) is 0 Å². The summed E-state index contributed by atoms with van der Waals surface area (Å²) in [5.41, 5.74) is -0.845. The van der Waals surface area contributed by atoms with Crippen molar-refractivity contribution in [2.45, 2.75) is 0 Å². The van der Waals surface area contributed by atoms with Crippen molar-refractivity contribution in [3.8, 4) is 22.3 Å². The minimum absolute atomic E-state index is 0.118. The lowest BCUT2D eigenvalue weighted by molar-refractivity contribution is 1.30. The van der Waals surface area contributed by atoms with E-state index in [0.29, 0.717) is 11.4 Å². The largest absolute Gasteiger partial charge is 0.310 e. The zero-order valence-electron chi connectivity index (χ0n) is 39.4. The first kappa shape index (κ1) is 17.6. The molecule has 1 nitrogen and oxygen atoms in total. The zero-order valence-corrected chi connectivity index (χ0v) is 27.1. The molecule has 10 aromatic rings.